The van der Waals surface area contributed by atoms with Gasteiger partial charge < -0.3 is 9.84 Å². The molecule has 1 heterocycles. The summed E-state index contributed by atoms with van der Waals surface area (Å²) in [7, 11) is 0. The van der Waals surface area contributed by atoms with Crippen molar-refractivity contribution in [1.29, 1.82) is 0 Å². The lowest BCUT2D eigenvalue weighted by Gasteiger charge is -2.21. The molecule has 0 radical (unpaired) electrons. The molecule has 0 saturated heterocycles. The summed E-state index contributed by atoms with van der Waals surface area (Å²) in [6, 6.07) is 2.01. The summed E-state index contributed by atoms with van der Waals surface area (Å²) >= 11 is 0. The zero-order valence-corrected chi connectivity index (χ0v) is 9.91. The van der Waals surface area contributed by atoms with Gasteiger partial charge in [0.2, 0.25) is 0 Å². The van der Waals surface area contributed by atoms with Crippen LogP contribution in [0.5, 0.6) is 0 Å². The highest BCUT2D eigenvalue weighted by Gasteiger charge is 2.38. The third-order valence-corrected chi connectivity index (χ3v) is 4.27. The van der Waals surface area contributed by atoms with Crippen LogP contribution in [-0.4, -0.2) is 11.7 Å². The van der Waals surface area contributed by atoms with Crippen LogP contribution in [0.1, 0.15) is 37.1 Å². The number of nitrogens with one attached hydrogen (secondary N) is 1. The summed E-state index contributed by atoms with van der Waals surface area (Å²) in [5, 5.41) is 7.51. The lowest BCUT2D eigenvalue weighted by molar-refractivity contribution is 0.316. The van der Waals surface area contributed by atoms with Gasteiger partial charge in [0.1, 0.15) is 5.76 Å². The second kappa shape index (κ2) is 4.21. The molecule has 2 saturated carbocycles. The van der Waals surface area contributed by atoms with E-state index in [1.54, 1.807) is 0 Å². The van der Waals surface area contributed by atoms with E-state index in [9.17, 15) is 0 Å². The Kier molecular flexibility index (Phi) is 2.72. The van der Waals surface area contributed by atoms with E-state index < -0.39 is 0 Å². The Balaban J connectivity index is 1.44. The van der Waals surface area contributed by atoms with Crippen molar-refractivity contribution in [3.63, 3.8) is 0 Å². The van der Waals surface area contributed by atoms with Gasteiger partial charge in [0.15, 0.2) is 0 Å². The normalized spacial score (nSPS) is 32.4. The molecule has 3 heteroatoms. The molecule has 0 aliphatic heterocycles. The van der Waals surface area contributed by atoms with Crippen LogP contribution in [0.4, 0.5) is 0 Å². The fourth-order valence-corrected chi connectivity index (χ4v) is 3.51. The van der Waals surface area contributed by atoms with Crippen LogP contribution in [0, 0.1) is 24.7 Å². The van der Waals surface area contributed by atoms with Gasteiger partial charge >= 0.3 is 0 Å². The molecule has 0 spiro atoms. The van der Waals surface area contributed by atoms with Crippen molar-refractivity contribution in [1.82, 2.24) is 10.5 Å². The van der Waals surface area contributed by atoms with Crippen molar-refractivity contribution in [2.75, 3.05) is 6.54 Å². The van der Waals surface area contributed by atoms with Crippen molar-refractivity contribution in [2.45, 2.75) is 39.2 Å². The Labute approximate surface area is 96.6 Å². The van der Waals surface area contributed by atoms with E-state index in [-0.39, 0.29) is 0 Å². The van der Waals surface area contributed by atoms with Crippen LogP contribution >= 0.6 is 0 Å². The number of nitrogens with zero attached hydrogens (tertiary/aromatic N) is 1. The van der Waals surface area contributed by atoms with Crippen LogP contribution in [0.25, 0.3) is 0 Å². The molecule has 3 unspecified atom stereocenters. The fourth-order valence-electron chi connectivity index (χ4n) is 3.51. The van der Waals surface area contributed by atoms with E-state index in [0.29, 0.717) is 0 Å². The van der Waals surface area contributed by atoms with Gasteiger partial charge in [-0.05, 0) is 50.5 Å². The SMILES string of the molecule is Cc1cc(CNCC2CC3CCC2C3)no1. The van der Waals surface area contributed by atoms with Gasteiger partial charge in [0, 0.05) is 12.6 Å². The van der Waals surface area contributed by atoms with Crippen molar-refractivity contribution in [3.05, 3.63) is 17.5 Å². The van der Waals surface area contributed by atoms with Crippen molar-refractivity contribution >= 4 is 0 Å². The van der Waals surface area contributed by atoms with E-state index in [2.05, 4.69) is 10.5 Å². The molecule has 2 bridgehead atoms. The number of fused-ring (bicyclic) bond motifs is 2. The quantitative estimate of drug-likeness (QED) is 0.847. The minimum Gasteiger partial charge on any atom is -0.361 e. The molecule has 1 N–H and O–H groups in total. The third-order valence-electron chi connectivity index (χ3n) is 4.27. The number of rotatable bonds is 4. The Morgan fingerprint density at radius 3 is 3.00 bits per heavy atom. The predicted molar refractivity (Wildman–Crippen MR) is 61.9 cm³/mol. The van der Waals surface area contributed by atoms with Gasteiger partial charge in [-0.1, -0.05) is 11.6 Å². The van der Waals surface area contributed by atoms with Gasteiger partial charge in [-0.2, -0.15) is 0 Å². The van der Waals surface area contributed by atoms with Gasteiger partial charge in [-0.25, -0.2) is 0 Å². The smallest absolute Gasteiger partial charge is 0.133 e. The van der Waals surface area contributed by atoms with Crippen molar-refractivity contribution in [2.24, 2.45) is 17.8 Å². The molecule has 2 aliphatic rings. The van der Waals surface area contributed by atoms with Crippen LogP contribution in [0.15, 0.2) is 10.6 Å². The van der Waals surface area contributed by atoms with E-state index in [1.165, 1.54) is 25.7 Å². The molecule has 1 aromatic heterocycles. The van der Waals surface area contributed by atoms with E-state index in [1.807, 2.05) is 13.0 Å². The van der Waals surface area contributed by atoms with Gasteiger partial charge in [-0.3, -0.25) is 0 Å². The highest BCUT2D eigenvalue weighted by atomic mass is 16.5. The zero-order chi connectivity index (χ0) is 11.0. The first-order valence-electron chi connectivity index (χ1n) is 6.44. The molecular formula is C13H20N2O. The molecule has 0 amide bonds. The monoisotopic (exact) mass is 220 g/mol. The summed E-state index contributed by atoms with van der Waals surface area (Å²) in [5.74, 6) is 3.88. The minimum atomic E-state index is 0.852. The summed E-state index contributed by atoms with van der Waals surface area (Å²) < 4.78 is 5.05. The summed E-state index contributed by atoms with van der Waals surface area (Å²) in [6.07, 6.45) is 5.91. The zero-order valence-electron chi connectivity index (χ0n) is 9.91. The lowest BCUT2D eigenvalue weighted by atomic mass is 9.89. The Morgan fingerprint density at radius 1 is 1.44 bits per heavy atom. The molecular weight excluding hydrogens is 200 g/mol. The second-order valence-corrected chi connectivity index (χ2v) is 5.49. The van der Waals surface area contributed by atoms with Crippen LogP contribution in [0.3, 0.4) is 0 Å². The third kappa shape index (κ3) is 2.01. The van der Waals surface area contributed by atoms with E-state index >= 15 is 0 Å². The van der Waals surface area contributed by atoms with Crippen LogP contribution in [-0.2, 0) is 6.54 Å². The standard InChI is InChI=1S/C13H20N2O/c1-9-4-13(15-16-9)8-14-7-12-6-10-2-3-11(12)5-10/h4,10-12,14H,2-3,5-8H2,1H3. The van der Waals surface area contributed by atoms with Crippen LogP contribution in [0.2, 0.25) is 0 Å². The first-order valence-corrected chi connectivity index (χ1v) is 6.44. The summed E-state index contributed by atoms with van der Waals surface area (Å²) in [6.45, 7) is 3.95. The molecule has 16 heavy (non-hydrogen) atoms. The highest BCUT2D eigenvalue weighted by Crippen LogP contribution is 2.47. The average molecular weight is 220 g/mol. The topological polar surface area (TPSA) is 38.1 Å². The largest absolute Gasteiger partial charge is 0.361 e. The second-order valence-electron chi connectivity index (χ2n) is 5.49. The molecule has 3 rings (SSSR count). The van der Waals surface area contributed by atoms with E-state index in [0.717, 1.165) is 42.3 Å². The predicted octanol–water partition coefficient (Wildman–Crippen LogP) is 2.51. The maximum absolute atomic E-state index is 5.05. The highest BCUT2D eigenvalue weighted by molar-refractivity contribution is 5.03. The summed E-state index contributed by atoms with van der Waals surface area (Å²) in [5.41, 5.74) is 1.03. The average Bonchev–Trinajstić information content (AvgIpc) is 2.94. The number of aromatic nitrogens is 1. The summed E-state index contributed by atoms with van der Waals surface area (Å²) in [4.78, 5) is 0. The Hall–Kier alpha value is -0.830. The fraction of sp³-hybridized carbons (Fsp3) is 0.769. The first kappa shape index (κ1) is 10.3. The molecule has 3 atom stereocenters. The lowest BCUT2D eigenvalue weighted by Crippen LogP contribution is -2.26. The van der Waals surface area contributed by atoms with Crippen molar-refractivity contribution in [3.8, 4) is 0 Å². The molecule has 3 nitrogen and oxygen atoms in total. The first-order chi connectivity index (χ1) is 7.81. The number of aryl methyl sites for hydroxylation is 1. The van der Waals surface area contributed by atoms with Gasteiger partial charge in [-0.15, -0.1) is 0 Å². The minimum absolute atomic E-state index is 0.852. The number of hydrogen-bond donors (Lipinski definition) is 1. The maximum atomic E-state index is 5.05. The molecule has 0 aromatic carbocycles. The molecule has 1 aromatic rings. The Bertz CT molecular complexity index is 361. The molecule has 2 aliphatic carbocycles. The van der Waals surface area contributed by atoms with E-state index in [4.69, 9.17) is 4.52 Å². The van der Waals surface area contributed by atoms with Crippen LogP contribution < -0.4 is 5.32 Å². The Morgan fingerprint density at radius 2 is 2.38 bits per heavy atom. The van der Waals surface area contributed by atoms with Gasteiger partial charge in [0.05, 0.1) is 5.69 Å². The molecule has 88 valence electrons. The molecule has 2 fully saturated rings. The number of hydrogen-bond acceptors (Lipinski definition) is 3. The van der Waals surface area contributed by atoms with Gasteiger partial charge in [0.25, 0.3) is 0 Å². The maximum Gasteiger partial charge on any atom is 0.133 e. The van der Waals surface area contributed by atoms with Crippen molar-refractivity contribution < 1.29 is 4.52 Å².